The fourth-order valence-electron chi connectivity index (χ4n) is 2.30. The summed E-state index contributed by atoms with van der Waals surface area (Å²) in [5.74, 6) is -0.0304. The summed E-state index contributed by atoms with van der Waals surface area (Å²) < 4.78 is 2.10. The van der Waals surface area contributed by atoms with E-state index in [0.29, 0.717) is 5.56 Å². The van der Waals surface area contributed by atoms with Crippen LogP contribution in [0.15, 0.2) is 52.0 Å². The highest BCUT2D eigenvalue weighted by Gasteiger charge is 2.09. The molecule has 0 fully saturated rings. The van der Waals surface area contributed by atoms with E-state index >= 15 is 0 Å². The quantitative estimate of drug-likeness (QED) is 0.386. The first-order valence-corrected chi connectivity index (χ1v) is 10.5. The summed E-state index contributed by atoms with van der Waals surface area (Å²) >= 11 is 6.47. The van der Waals surface area contributed by atoms with E-state index in [4.69, 9.17) is 0 Å². The minimum Gasteiger partial charge on any atom is -0.326 e. The van der Waals surface area contributed by atoms with Crippen LogP contribution in [-0.2, 0) is 0 Å². The number of aromatic nitrogens is 1. The molecule has 0 saturated heterocycles. The summed E-state index contributed by atoms with van der Waals surface area (Å²) in [6, 6.07) is 11.6. The molecule has 0 radical (unpaired) electrons. The maximum Gasteiger partial charge on any atom is 0.188 e. The number of halogens is 1. The van der Waals surface area contributed by atoms with Gasteiger partial charge in [-0.05, 0) is 67.6 Å². The molecule has 3 rings (SSSR count). The largest absolute Gasteiger partial charge is 0.326 e. The van der Waals surface area contributed by atoms with Crippen molar-refractivity contribution >= 4 is 60.2 Å². The molecule has 0 aliphatic rings. The van der Waals surface area contributed by atoms with Gasteiger partial charge < -0.3 is 5.32 Å². The first-order chi connectivity index (χ1) is 12.0. The molecule has 1 aromatic heterocycles. The van der Waals surface area contributed by atoms with Gasteiger partial charge in [0.15, 0.2) is 10.9 Å². The van der Waals surface area contributed by atoms with Gasteiger partial charge in [-0.2, -0.15) is 0 Å². The number of thiazole rings is 1. The van der Waals surface area contributed by atoms with Gasteiger partial charge in [-0.3, -0.25) is 4.79 Å². The van der Waals surface area contributed by atoms with Crippen molar-refractivity contribution < 1.29 is 4.79 Å². The molecule has 1 N–H and O–H groups in total. The van der Waals surface area contributed by atoms with Crippen LogP contribution in [0.4, 0.5) is 5.13 Å². The lowest BCUT2D eigenvalue weighted by molar-refractivity contribution is 0.104. The average molecular weight is 433 g/mol. The molecule has 1 heterocycles. The lowest BCUT2D eigenvalue weighted by Crippen LogP contribution is -2.01. The van der Waals surface area contributed by atoms with E-state index in [1.165, 1.54) is 22.9 Å². The monoisotopic (exact) mass is 432 g/mol. The summed E-state index contributed by atoms with van der Waals surface area (Å²) in [5.41, 5.74) is 4.13. The van der Waals surface area contributed by atoms with E-state index in [2.05, 4.69) is 52.2 Å². The van der Waals surface area contributed by atoms with Crippen molar-refractivity contribution in [3.63, 3.8) is 0 Å². The van der Waals surface area contributed by atoms with Crippen molar-refractivity contribution in [3.05, 3.63) is 68.7 Å². The van der Waals surface area contributed by atoms with E-state index in [9.17, 15) is 4.79 Å². The van der Waals surface area contributed by atoms with Crippen LogP contribution in [0.5, 0.6) is 0 Å². The number of nitrogens with zero attached hydrogens (tertiary/aromatic N) is 1. The zero-order valence-corrected chi connectivity index (χ0v) is 17.3. The summed E-state index contributed by atoms with van der Waals surface area (Å²) in [5, 5.41) is 4.84. The van der Waals surface area contributed by atoms with Crippen molar-refractivity contribution in [1.82, 2.24) is 4.98 Å². The van der Waals surface area contributed by atoms with Crippen molar-refractivity contribution in [2.75, 3.05) is 11.6 Å². The molecule has 0 amide bonds. The molecule has 6 heteroatoms. The summed E-state index contributed by atoms with van der Waals surface area (Å²) in [6.45, 7) is 4.19. The number of carbonyl (C=O) groups excluding carboxylic acids is 1. The van der Waals surface area contributed by atoms with Gasteiger partial charge in [0.1, 0.15) is 0 Å². The Kier molecular flexibility index (Phi) is 5.61. The number of rotatable bonds is 5. The van der Waals surface area contributed by atoms with Crippen LogP contribution in [0, 0.1) is 13.8 Å². The smallest absolute Gasteiger partial charge is 0.188 e. The minimum absolute atomic E-state index is 0.0304. The van der Waals surface area contributed by atoms with Gasteiger partial charge in [-0.25, -0.2) is 4.98 Å². The summed E-state index contributed by atoms with van der Waals surface area (Å²) in [7, 11) is 0. The van der Waals surface area contributed by atoms with E-state index in [1.54, 1.807) is 17.4 Å². The van der Waals surface area contributed by atoms with Gasteiger partial charge in [0.05, 0.1) is 15.2 Å². The zero-order valence-electron chi connectivity index (χ0n) is 14.1. The van der Waals surface area contributed by atoms with Gasteiger partial charge in [0.2, 0.25) is 0 Å². The van der Waals surface area contributed by atoms with Gasteiger partial charge in [0, 0.05) is 16.1 Å². The van der Waals surface area contributed by atoms with Crippen LogP contribution in [-0.4, -0.2) is 17.0 Å². The van der Waals surface area contributed by atoms with Crippen LogP contribution in [0.1, 0.15) is 21.5 Å². The topological polar surface area (TPSA) is 42.0 Å². The van der Waals surface area contributed by atoms with Gasteiger partial charge in [0.25, 0.3) is 0 Å². The number of thioether (sulfide) groups is 1. The third kappa shape index (κ3) is 4.32. The second kappa shape index (κ2) is 7.72. The Hall–Kier alpha value is -1.63. The van der Waals surface area contributed by atoms with Gasteiger partial charge in [-0.15, -0.1) is 11.8 Å². The molecule has 0 saturated carbocycles. The predicted octanol–water partition coefficient (Wildman–Crippen LogP) is 6.17. The first kappa shape index (κ1) is 18.2. The van der Waals surface area contributed by atoms with E-state index in [-0.39, 0.29) is 5.78 Å². The lowest BCUT2D eigenvalue weighted by Gasteiger charge is -2.05. The number of hydrogen-bond acceptors (Lipinski definition) is 5. The molecule has 0 atom stereocenters. The van der Waals surface area contributed by atoms with Gasteiger partial charge in [-0.1, -0.05) is 27.3 Å². The highest BCUT2D eigenvalue weighted by Crippen LogP contribution is 2.30. The SMILES string of the molecule is CS/C(=C/C(=O)c1ccc(Br)cc1)Nc1nc2cc(C)c(C)cc2s1. The average Bonchev–Trinajstić information content (AvgIpc) is 2.96. The molecule has 2 aromatic carbocycles. The third-order valence-electron chi connectivity index (χ3n) is 3.84. The third-order valence-corrected chi connectivity index (χ3v) is 5.97. The van der Waals surface area contributed by atoms with Crippen LogP contribution in [0.3, 0.4) is 0 Å². The first-order valence-electron chi connectivity index (χ1n) is 7.66. The fraction of sp³-hybridized carbons (Fsp3) is 0.158. The van der Waals surface area contributed by atoms with E-state index in [1.807, 2.05) is 30.5 Å². The number of hydrogen-bond donors (Lipinski definition) is 1. The van der Waals surface area contributed by atoms with Gasteiger partial charge >= 0.3 is 0 Å². The number of anilines is 1. The van der Waals surface area contributed by atoms with Crippen LogP contribution >= 0.6 is 39.0 Å². The molecular weight excluding hydrogens is 416 g/mol. The number of aryl methyl sites for hydroxylation is 2. The van der Waals surface area contributed by atoms with Crippen molar-refractivity contribution in [2.24, 2.45) is 0 Å². The van der Waals surface area contributed by atoms with Crippen LogP contribution in [0.2, 0.25) is 0 Å². The molecule has 128 valence electrons. The molecule has 0 aliphatic heterocycles. The number of benzene rings is 2. The van der Waals surface area contributed by atoms with Crippen LogP contribution < -0.4 is 5.32 Å². The Morgan fingerprint density at radius 2 is 1.88 bits per heavy atom. The normalized spacial score (nSPS) is 11.8. The number of fused-ring (bicyclic) bond motifs is 1. The van der Waals surface area contributed by atoms with Crippen molar-refractivity contribution in [1.29, 1.82) is 0 Å². The Balaban J connectivity index is 1.84. The van der Waals surface area contributed by atoms with E-state index < -0.39 is 0 Å². The Bertz CT molecular complexity index is 922. The molecule has 0 spiro atoms. The molecule has 0 aliphatic carbocycles. The van der Waals surface area contributed by atoms with Crippen molar-refractivity contribution in [3.8, 4) is 0 Å². The molecular formula is C19H17BrN2OS2. The molecule has 0 unspecified atom stereocenters. The van der Waals surface area contributed by atoms with E-state index in [0.717, 1.165) is 24.8 Å². The molecule has 3 aromatic rings. The zero-order chi connectivity index (χ0) is 18.0. The highest BCUT2D eigenvalue weighted by molar-refractivity contribution is 9.10. The number of carbonyl (C=O) groups is 1. The number of nitrogens with one attached hydrogen (secondary N) is 1. The van der Waals surface area contributed by atoms with Crippen LogP contribution in [0.25, 0.3) is 10.2 Å². The minimum atomic E-state index is -0.0304. The summed E-state index contributed by atoms with van der Waals surface area (Å²) in [6.07, 6.45) is 3.56. The maximum atomic E-state index is 12.4. The Morgan fingerprint density at radius 1 is 1.20 bits per heavy atom. The Morgan fingerprint density at radius 3 is 2.56 bits per heavy atom. The Labute approximate surface area is 163 Å². The molecule has 3 nitrogen and oxygen atoms in total. The highest BCUT2D eigenvalue weighted by atomic mass is 79.9. The summed E-state index contributed by atoms with van der Waals surface area (Å²) in [4.78, 5) is 17.0. The lowest BCUT2D eigenvalue weighted by atomic mass is 10.1. The number of ketones is 1. The fourth-order valence-corrected chi connectivity index (χ4v) is 4.01. The molecule has 0 bridgehead atoms. The standard InChI is InChI=1S/C19H17BrN2OS2/c1-11-8-15-17(9-12(11)2)25-19(21-15)22-18(24-3)10-16(23)13-4-6-14(20)7-5-13/h4-10H,1-3H3,(H,21,22)/b18-10+. The second-order valence-corrected chi connectivity index (χ2v) is 8.43. The maximum absolute atomic E-state index is 12.4. The van der Waals surface area contributed by atoms with Crippen molar-refractivity contribution in [2.45, 2.75) is 13.8 Å². The predicted molar refractivity (Wildman–Crippen MR) is 113 cm³/mol. The second-order valence-electron chi connectivity index (χ2n) is 5.63. The number of allylic oxidation sites excluding steroid dienone is 1. The molecule has 25 heavy (non-hydrogen) atoms.